The van der Waals surface area contributed by atoms with E-state index in [-0.39, 0.29) is 30.3 Å². The van der Waals surface area contributed by atoms with E-state index in [9.17, 15) is 9.59 Å². The van der Waals surface area contributed by atoms with Gasteiger partial charge in [0.05, 0.1) is 0 Å². The normalized spacial score (nSPS) is 20.5. The fourth-order valence-electron chi connectivity index (χ4n) is 2.78. The lowest BCUT2D eigenvalue weighted by Gasteiger charge is -2.21. The van der Waals surface area contributed by atoms with Crippen molar-refractivity contribution in [3.63, 3.8) is 0 Å². The predicted molar refractivity (Wildman–Crippen MR) is 89.4 cm³/mol. The van der Waals surface area contributed by atoms with Gasteiger partial charge < -0.3 is 15.5 Å². The van der Waals surface area contributed by atoms with E-state index < -0.39 is 0 Å². The van der Waals surface area contributed by atoms with Crippen LogP contribution in [-0.4, -0.2) is 54.8 Å². The lowest BCUT2D eigenvalue weighted by Crippen LogP contribution is -2.34. The van der Waals surface area contributed by atoms with Crippen LogP contribution in [0.25, 0.3) is 0 Å². The highest BCUT2D eigenvalue weighted by atomic mass is 35.5. The lowest BCUT2D eigenvalue weighted by molar-refractivity contribution is 0.0742. The third kappa shape index (κ3) is 3.78. The van der Waals surface area contributed by atoms with Crippen LogP contribution in [-0.2, 0) is 0 Å². The number of carbonyl (C=O) groups is 2. The molecule has 122 valence electrons. The van der Waals surface area contributed by atoms with Crippen molar-refractivity contribution < 1.29 is 9.59 Å². The number of nitrogens with two attached hydrogens (primary N) is 1. The van der Waals surface area contributed by atoms with Crippen LogP contribution in [0.3, 0.4) is 0 Å². The molecule has 1 aliphatic heterocycles. The Bertz CT molecular complexity index is 531. The number of hydrogen-bond acceptors (Lipinski definition) is 3. The highest BCUT2D eigenvalue weighted by molar-refractivity contribution is 5.97. The van der Waals surface area contributed by atoms with Gasteiger partial charge in [-0.2, -0.15) is 0 Å². The number of halogens is 1. The standard InChI is InChI=1S/C16H23N3O2.ClH/c1-11-8-12(9-17)10-19(11)16(21)14-6-4-13(5-7-14)15(20)18(2)3;/h4-7,11-12H,8-10,17H2,1-3H3;1H. The molecule has 22 heavy (non-hydrogen) atoms. The minimum Gasteiger partial charge on any atom is -0.345 e. The molecular formula is C16H24ClN3O2. The quantitative estimate of drug-likeness (QED) is 0.918. The fourth-order valence-corrected chi connectivity index (χ4v) is 2.78. The highest BCUT2D eigenvalue weighted by Gasteiger charge is 2.32. The third-order valence-electron chi connectivity index (χ3n) is 4.04. The molecule has 1 fully saturated rings. The van der Waals surface area contributed by atoms with E-state index in [1.807, 2.05) is 4.90 Å². The van der Waals surface area contributed by atoms with Crippen LogP contribution in [0, 0.1) is 5.92 Å². The molecule has 5 nitrogen and oxygen atoms in total. The summed E-state index contributed by atoms with van der Waals surface area (Å²) in [5.41, 5.74) is 6.91. The van der Waals surface area contributed by atoms with Crippen LogP contribution in [0.4, 0.5) is 0 Å². The summed E-state index contributed by atoms with van der Waals surface area (Å²) in [5, 5.41) is 0. The molecule has 0 radical (unpaired) electrons. The van der Waals surface area contributed by atoms with Gasteiger partial charge in [0.25, 0.3) is 11.8 Å². The predicted octanol–water partition coefficient (Wildman–Crippen LogP) is 1.62. The molecule has 2 unspecified atom stereocenters. The van der Waals surface area contributed by atoms with Crippen LogP contribution < -0.4 is 5.73 Å². The molecule has 1 aromatic carbocycles. The molecule has 0 bridgehead atoms. The number of amides is 2. The summed E-state index contributed by atoms with van der Waals surface area (Å²) in [7, 11) is 3.42. The van der Waals surface area contributed by atoms with Crippen LogP contribution in [0.5, 0.6) is 0 Å². The van der Waals surface area contributed by atoms with E-state index in [0.717, 1.165) is 13.0 Å². The number of nitrogens with zero attached hydrogens (tertiary/aromatic N) is 2. The van der Waals surface area contributed by atoms with E-state index in [1.54, 1.807) is 38.4 Å². The van der Waals surface area contributed by atoms with Crippen molar-refractivity contribution in [2.75, 3.05) is 27.2 Å². The molecule has 0 saturated carbocycles. The molecule has 2 N–H and O–H groups in total. The second-order valence-electron chi connectivity index (χ2n) is 5.92. The Hall–Kier alpha value is -1.59. The summed E-state index contributed by atoms with van der Waals surface area (Å²) in [4.78, 5) is 27.8. The first-order valence-electron chi connectivity index (χ1n) is 7.26. The summed E-state index contributed by atoms with van der Waals surface area (Å²) < 4.78 is 0. The average Bonchev–Trinajstić information content (AvgIpc) is 2.87. The summed E-state index contributed by atoms with van der Waals surface area (Å²) in [5.74, 6) is 0.340. The molecule has 2 amide bonds. The van der Waals surface area contributed by atoms with Gasteiger partial charge in [0.1, 0.15) is 0 Å². The molecule has 0 aromatic heterocycles. The molecule has 1 heterocycles. The van der Waals surface area contributed by atoms with Crippen LogP contribution in [0.1, 0.15) is 34.1 Å². The Labute approximate surface area is 137 Å². The Morgan fingerprint density at radius 3 is 2.23 bits per heavy atom. The van der Waals surface area contributed by atoms with Gasteiger partial charge in [-0.15, -0.1) is 12.4 Å². The van der Waals surface area contributed by atoms with Crippen molar-refractivity contribution in [2.24, 2.45) is 11.7 Å². The van der Waals surface area contributed by atoms with E-state index >= 15 is 0 Å². The molecule has 0 spiro atoms. The van der Waals surface area contributed by atoms with Crippen molar-refractivity contribution >= 4 is 24.2 Å². The average molecular weight is 326 g/mol. The zero-order chi connectivity index (χ0) is 15.6. The van der Waals surface area contributed by atoms with Gasteiger partial charge >= 0.3 is 0 Å². The molecule has 1 aliphatic rings. The summed E-state index contributed by atoms with van der Waals surface area (Å²) in [6.45, 7) is 3.39. The largest absolute Gasteiger partial charge is 0.345 e. The molecular weight excluding hydrogens is 302 g/mol. The van der Waals surface area contributed by atoms with Gasteiger partial charge in [-0.05, 0) is 50.1 Å². The summed E-state index contributed by atoms with van der Waals surface area (Å²) in [6, 6.07) is 7.07. The van der Waals surface area contributed by atoms with Gasteiger partial charge in [-0.1, -0.05) is 0 Å². The number of benzene rings is 1. The third-order valence-corrected chi connectivity index (χ3v) is 4.04. The smallest absolute Gasteiger partial charge is 0.254 e. The van der Waals surface area contributed by atoms with Gasteiger partial charge in [-0.3, -0.25) is 9.59 Å². The lowest BCUT2D eigenvalue weighted by atomic mass is 10.1. The maximum absolute atomic E-state index is 12.5. The van der Waals surface area contributed by atoms with Crippen LogP contribution >= 0.6 is 12.4 Å². The first kappa shape index (κ1) is 18.5. The fraction of sp³-hybridized carbons (Fsp3) is 0.500. The minimum atomic E-state index is -0.0632. The van der Waals surface area contributed by atoms with E-state index in [4.69, 9.17) is 5.73 Å². The molecule has 1 saturated heterocycles. The molecule has 1 aromatic rings. The van der Waals surface area contributed by atoms with Crippen molar-refractivity contribution in [3.05, 3.63) is 35.4 Å². The zero-order valence-corrected chi connectivity index (χ0v) is 14.1. The monoisotopic (exact) mass is 325 g/mol. The summed E-state index contributed by atoms with van der Waals surface area (Å²) in [6.07, 6.45) is 0.958. The Kier molecular flexibility index (Phi) is 6.38. The van der Waals surface area contributed by atoms with Crippen molar-refractivity contribution in [1.29, 1.82) is 0 Å². The number of carbonyl (C=O) groups excluding carboxylic acids is 2. The first-order chi connectivity index (χ1) is 9.93. The highest BCUT2D eigenvalue weighted by Crippen LogP contribution is 2.24. The maximum atomic E-state index is 12.5. The minimum absolute atomic E-state index is 0. The van der Waals surface area contributed by atoms with Gasteiger partial charge in [0, 0.05) is 37.8 Å². The SMILES string of the molecule is CC1CC(CN)CN1C(=O)c1ccc(C(=O)N(C)C)cc1.Cl. The zero-order valence-electron chi connectivity index (χ0n) is 13.3. The van der Waals surface area contributed by atoms with E-state index in [0.29, 0.717) is 23.6 Å². The Morgan fingerprint density at radius 1 is 1.23 bits per heavy atom. The molecule has 2 atom stereocenters. The maximum Gasteiger partial charge on any atom is 0.254 e. The van der Waals surface area contributed by atoms with Crippen molar-refractivity contribution in [3.8, 4) is 0 Å². The van der Waals surface area contributed by atoms with E-state index in [2.05, 4.69) is 6.92 Å². The topological polar surface area (TPSA) is 66.6 Å². The summed E-state index contributed by atoms with van der Waals surface area (Å²) >= 11 is 0. The Balaban J connectivity index is 0.00000242. The van der Waals surface area contributed by atoms with Crippen LogP contribution in [0.15, 0.2) is 24.3 Å². The second kappa shape index (κ2) is 7.61. The molecule has 6 heteroatoms. The number of hydrogen-bond donors (Lipinski definition) is 1. The van der Waals surface area contributed by atoms with Gasteiger partial charge in [0.15, 0.2) is 0 Å². The first-order valence-corrected chi connectivity index (χ1v) is 7.26. The van der Waals surface area contributed by atoms with Gasteiger partial charge in [0.2, 0.25) is 0 Å². The van der Waals surface area contributed by atoms with Crippen LogP contribution in [0.2, 0.25) is 0 Å². The van der Waals surface area contributed by atoms with Gasteiger partial charge in [-0.25, -0.2) is 0 Å². The van der Waals surface area contributed by atoms with E-state index in [1.165, 1.54) is 4.90 Å². The Morgan fingerprint density at radius 2 is 1.77 bits per heavy atom. The molecule has 2 rings (SSSR count). The van der Waals surface area contributed by atoms with Crippen molar-refractivity contribution in [1.82, 2.24) is 9.80 Å². The second-order valence-corrected chi connectivity index (χ2v) is 5.92. The number of rotatable bonds is 3. The number of likely N-dealkylation sites (tertiary alicyclic amines) is 1. The van der Waals surface area contributed by atoms with Crippen molar-refractivity contribution in [2.45, 2.75) is 19.4 Å². The molecule has 0 aliphatic carbocycles.